The number of likely N-dealkylation sites (tertiary alicyclic amines) is 1. The SMILES string of the molecule is CC(C)N1CC2CC2(SN2CC3C(C2)C3(F)F)C1. The van der Waals surface area contributed by atoms with Gasteiger partial charge < -0.3 is 0 Å². The smallest absolute Gasteiger partial charge is 0.257 e. The number of halogens is 2. The van der Waals surface area contributed by atoms with Crippen LogP contribution >= 0.6 is 11.9 Å². The number of hydrogen-bond donors (Lipinski definition) is 0. The maximum Gasteiger partial charge on any atom is 0.257 e. The Labute approximate surface area is 111 Å². The van der Waals surface area contributed by atoms with E-state index in [4.69, 9.17) is 0 Å². The number of fused-ring (bicyclic) bond motifs is 2. The van der Waals surface area contributed by atoms with Gasteiger partial charge in [0.05, 0.1) is 0 Å². The summed E-state index contributed by atoms with van der Waals surface area (Å²) in [5.41, 5.74) is 0. The molecule has 0 radical (unpaired) electrons. The molecule has 2 heterocycles. The van der Waals surface area contributed by atoms with E-state index in [2.05, 4.69) is 23.1 Å². The first kappa shape index (κ1) is 11.9. The standard InChI is InChI=1S/C13H20F2N2S/c1-8(2)16-4-9-3-12(9,7-16)18-17-5-10-11(6-17)13(10,14)15/h8-11H,3-7H2,1-2H3. The van der Waals surface area contributed by atoms with Gasteiger partial charge in [-0.25, -0.2) is 13.1 Å². The van der Waals surface area contributed by atoms with Crippen molar-refractivity contribution in [3.05, 3.63) is 0 Å². The monoisotopic (exact) mass is 274 g/mol. The first-order valence-corrected chi connectivity index (χ1v) is 7.76. The van der Waals surface area contributed by atoms with Crippen LogP contribution in [-0.4, -0.2) is 52.1 Å². The summed E-state index contributed by atoms with van der Waals surface area (Å²) in [7, 11) is 0. The van der Waals surface area contributed by atoms with Crippen molar-refractivity contribution in [1.29, 1.82) is 0 Å². The normalized spacial score (nSPS) is 49.5. The highest BCUT2D eigenvalue weighted by molar-refractivity contribution is 7.98. The Hall–Kier alpha value is 0.130. The Morgan fingerprint density at radius 3 is 2.39 bits per heavy atom. The Bertz CT molecular complexity index is 375. The Morgan fingerprint density at radius 1 is 1.17 bits per heavy atom. The average Bonchev–Trinajstić information content (AvgIpc) is 2.89. The Kier molecular flexibility index (Phi) is 2.26. The highest BCUT2D eigenvalue weighted by atomic mass is 32.2. The van der Waals surface area contributed by atoms with Crippen LogP contribution in [0.2, 0.25) is 0 Å². The number of rotatable bonds is 3. The van der Waals surface area contributed by atoms with Gasteiger partial charge in [-0.05, 0) is 26.2 Å². The van der Waals surface area contributed by atoms with E-state index in [0.29, 0.717) is 23.9 Å². The first-order valence-electron chi connectivity index (χ1n) is 6.98. The topological polar surface area (TPSA) is 6.48 Å². The molecule has 4 atom stereocenters. The zero-order chi connectivity index (χ0) is 12.7. The molecule has 4 aliphatic rings. The van der Waals surface area contributed by atoms with E-state index in [1.165, 1.54) is 13.0 Å². The largest absolute Gasteiger partial charge is 0.299 e. The van der Waals surface area contributed by atoms with Gasteiger partial charge in [-0.3, -0.25) is 4.90 Å². The third-order valence-electron chi connectivity index (χ3n) is 5.31. The molecule has 2 aliphatic heterocycles. The fourth-order valence-electron chi connectivity index (χ4n) is 3.81. The number of alkyl halides is 2. The molecule has 0 aromatic heterocycles. The van der Waals surface area contributed by atoms with E-state index in [-0.39, 0.29) is 11.8 Å². The summed E-state index contributed by atoms with van der Waals surface area (Å²) in [6.07, 6.45) is 1.29. The molecule has 0 N–H and O–H groups in total. The van der Waals surface area contributed by atoms with E-state index in [1.807, 2.05) is 11.9 Å². The zero-order valence-electron chi connectivity index (χ0n) is 10.9. The van der Waals surface area contributed by atoms with Crippen molar-refractivity contribution in [3.63, 3.8) is 0 Å². The van der Waals surface area contributed by atoms with Crippen LogP contribution in [-0.2, 0) is 0 Å². The summed E-state index contributed by atoms with van der Waals surface area (Å²) in [4.78, 5) is 2.53. The molecule has 2 aliphatic carbocycles. The molecule has 4 fully saturated rings. The molecule has 0 bridgehead atoms. The van der Waals surface area contributed by atoms with E-state index < -0.39 is 5.92 Å². The van der Waals surface area contributed by atoms with E-state index in [9.17, 15) is 8.78 Å². The fraction of sp³-hybridized carbons (Fsp3) is 1.00. The van der Waals surface area contributed by atoms with Crippen molar-refractivity contribution in [2.24, 2.45) is 17.8 Å². The molecule has 2 saturated heterocycles. The van der Waals surface area contributed by atoms with Crippen molar-refractivity contribution in [3.8, 4) is 0 Å². The molecule has 18 heavy (non-hydrogen) atoms. The molecule has 0 amide bonds. The molecule has 4 unspecified atom stereocenters. The second-order valence-corrected chi connectivity index (χ2v) is 8.33. The van der Waals surface area contributed by atoms with Crippen molar-refractivity contribution >= 4 is 11.9 Å². The van der Waals surface area contributed by atoms with Crippen LogP contribution in [0.25, 0.3) is 0 Å². The molecule has 0 aromatic carbocycles. The molecule has 102 valence electrons. The lowest BCUT2D eigenvalue weighted by molar-refractivity contribution is 0.0672. The summed E-state index contributed by atoms with van der Waals surface area (Å²) in [5, 5.41) is 0. The van der Waals surface area contributed by atoms with E-state index in [1.54, 1.807) is 0 Å². The summed E-state index contributed by atoms with van der Waals surface area (Å²) in [6, 6.07) is 0.617. The maximum absolute atomic E-state index is 13.2. The second kappa shape index (κ2) is 3.41. The quantitative estimate of drug-likeness (QED) is 0.729. The third kappa shape index (κ3) is 1.53. The van der Waals surface area contributed by atoms with Crippen molar-refractivity contribution in [1.82, 2.24) is 9.21 Å². The molecular formula is C13H20F2N2S. The van der Waals surface area contributed by atoms with Crippen molar-refractivity contribution in [2.45, 2.75) is 37.0 Å². The molecule has 5 heteroatoms. The van der Waals surface area contributed by atoms with Gasteiger partial charge in [-0.15, -0.1) is 0 Å². The van der Waals surface area contributed by atoms with Gasteiger partial charge in [0, 0.05) is 48.8 Å². The minimum Gasteiger partial charge on any atom is -0.299 e. The van der Waals surface area contributed by atoms with E-state index in [0.717, 1.165) is 12.5 Å². The first-order chi connectivity index (χ1) is 8.42. The Balaban J connectivity index is 1.35. The predicted octanol–water partition coefficient (Wildman–Crippen LogP) is 2.31. The summed E-state index contributed by atoms with van der Waals surface area (Å²) in [6.45, 7) is 8.07. The third-order valence-corrected chi connectivity index (χ3v) is 6.86. The predicted molar refractivity (Wildman–Crippen MR) is 68.6 cm³/mol. The summed E-state index contributed by atoms with van der Waals surface area (Å²) in [5.74, 6) is -2.19. The van der Waals surface area contributed by atoms with Crippen LogP contribution in [0, 0.1) is 17.8 Å². The van der Waals surface area contributed by atoms with Gasteiger partial charge in [0.2, 0.25) is 0 Å². The minimum absolute atomic E-state index is 0.332. The summed E-state index contributed by atoms with van der Waals surface area (Å²) >= 11 is 1.91. The molecule has 4 rings (SSSR count). The van der Waals surface area contributed by atoms with E-state index >= 15 is 0 Å². The second-order valence-electron chi connectivity index (χ2n) is 6.81. The lowest BCUT2D eigenvalue weighted by atomic mass is 10.3. The number of hydrogen-bond acceptors (Lipinski definition) is 3. The van der Waals surface area contributed by atoms with Gasteiger partial charge in [-0.1, -0.05) is 11.9 Å². The van der Waals surface area contributed by atoms with Gasteiger partial charge in [0.15, 0.2) is 0 Å². The highest BCUT2D eigenvalue weighted by Gasteiger charge is 2.73. The van der Waals surface area contributed by atoms with Crippen LogP contribution < -0.4 is 0 Å². The Morgan fingerprint density at radius 2 is 1.83 bits per heavy atom. The summed E-state index contributed by atoms with van der Waals surface area (Å²) < 4.78 is 28.9. The van der Waals surface area contributed by atoms with Crippen molar-refractivity contribution in [2.75, 3.05) is 26.2 Å². The zero-order valence-corrected chi connectivity index (χ0v) is 11.7. The van der Waals surface area contributed by atoms with Crippen LogP contribution in [0.1, 0.15) is 20.3 Å². The van der Waals surface area contributed by atoms with Gasteiger partial charge in [0.1, 0.15) is 0 Å². The number of piperidine rings is 2. The van der Waals surface area contributed by atoms with Crippen molar-refractivity contribution < 1.29 is 8.78 Å². The molecule has 0 aromatic rings. The fourth-order valence-corrected chi connectivity index (χ4v) is 5.52. The van der Waals surface area contributed by atoms with Gasteiger partial charge >= 0.3 is 0 Å². The molecule has 2 nitrogen and oxygen atoms in total. The van der Waals surface area contributed by atoms with Crippen LogP contribution in [0.15, 0.2) is 0 Å². The lowest BCUT2D eigenvalue weighted by Gasteiger charge is -2.27. The molecule has 0 spiro atoms. The lowest BCUT2D eigenvalue weighted by Crippen LogP contribution is -2.34. The van der Waals surface area contributed by atoms with Crippen LogP contribution in [0.3, 0.4) is 0 Å². The number of nitrogens with zero attached hydrogens (tertiary/aromatic N) is 2. The highest BCUT2D eigenvalue weighted by Crippen LogP contribution is 2.65. The van der Waals surface area contributed by atoms with Gasteiger partial charge in [0.25, 0.3) is 5.92 Å². The molecule has 2 saturated carbocycles. The van der Waals surface area contributed by atoms with Gasteiger partial charge in [-0.2, -0.15) is 0 Å². The maximum atomic E-state index is 13.2. The van der Waals surface area contributed by atoms with Crippen LogP contribution in [0.4, 0.5) is 8.78 Å². The van der Waals surface area contributed by atoms with Crippen LogP contribution in [0.5, 0.6) is 0 Å². The average molecular weight is 274 g/mol. The molecular weight excluding hydrogens is 254 g/mol. The minimum atomic E-state index is -2.34.